The number of aromatic nitrogens is 4. The summed E-state index contributed by atoms with van der Waals surface area (Å²) in [7, 11) is 0. The summed E-state index contributed by atoms with van der Waals surface area (Å²) in [6.07, 6.45) is 8.46. The van der Waals surface area contributed by atoms with Crippen molar-refractivity contribution >= 4 is 17.7 Å². The molecule has 1 aliphatic heterocycles. The van der Waals surface area contributed by atoms with Gasteiger partial charge in [-0.1, -0.05) is 61.9 Å². The molecule has 0 radical (unpaired) electrons. The largest absolute Gasteiger partial charge is 0.339 e. The van der Waals surface area contributed by atoms with Crippen LogP contribution in [0, 0.1) is 5.92 Å². The van der Waals surface area contributed by atoms with Crippen molar-refractivity contribution in [1.29, 1.82) is 0 Å². The lowest BCUT2D eigenvalue weighted by Crippen LogP contribution is -2.48. The molecule has 3 aromatic rings. The number of benzene rings is 1. The molecule has 1 amide bonds. The van der Waals surface area contributed by atoms with Crippen LogP contribution >= 0.6 is 11.8 Å². The highest BCUT2D eigenvalue weighted by Gasteiger charge is 2.29. The molecule has 7 nitrogen and oxygen atoms in total. The number of nitrogens with zero attached hydrogens (tertiary/aromatic N) is 6. The van der Waals surface area contributed by atoms with Crippen molar-refractivity contribution < 1.29 is 4.79 Å². The van der Waals surface area contributed by atoms with Crippen molar-refractivity contribution in [2.45, 2.75) is 50.4 Å². The van der Waals surface area contributed by atoms with Gasteiger partial charge in [0.2, 0.25) is 5.91 Å². The fraction of sp³-hybridized carbons (Fsp3) is 0.481. The Balaban J connectivity index is 1.23. The van der Waals surface area contributed by atoms with Crippen LogP contribution < -0.4 is 0 Å². The minimum atomic E-state index is 0.184. The van der Waals surface area contributed by atoms with Gasteiger partial charge in [0.1, 0.15) is 0 Å². The molecule has 1 aliphatic carbocycles. The fourth-order valence-electron chi connectivity index (χ4n) is 5.26. The molecule has 1 saturated heterocycles. The molecule has 5 rings (SSSR count). The number of hydrogen-bond acceptors (Lipinski definition) is 6. The first-order chi connectivity index (χ1) is 17.2. The smallest absolute Gasteiger partial charge is 0.233 e. The van der Waals surface area contributed by atoms with E-state index in [9.17, 15) is 4.79 Å². The van der Waals surface area contributed by atoms with Crippen LogP contribution in [0.4, 0.5) is 0 Å². The Hall–Kier alpha value is -2.71. The molecule has 2 aliphatic rings. The Morgan fingerprint density at radius 2 is 1.80 bits per heavy atom. The number of thioether (sulfide) groups is 1. The highest BCUT2D eigenvalue weighted by molar-refractivity contribution is 7.99. The van der Waals surface area contributed by atoms with E-state index in [0.29, 0.717) is 17.7 Å². The topological polar surface area (TPSA) is 67.2 Å². The Labute approximate surface area is 211 Å². The maximum atomic E-state index is 13.1. The quantitative estimate of drug-likeness (QED) is 0.454. The lowest BCUT2D eigenvalue weighted by atomic mass is 9.85. The van der Waals surface area contributed by atoms with Gasteiger partial charge in [0.15, 0.2) is 11.0 Å². The van der Waals surface area contributed by atoms with Crippen LogP contribution in [0.2, 0.25) is 0 Å². The van der Waals surface area contributed by atoms with Gasteiger partial charge >= 0.3 is 0 Å². The zero-order valence-corrected chi connectivity index (χ0v) is 21.2. The average molecular weight is 491 g/mol. The van der Waals surface area contributed by atoms with Crippen LogP contribution in [0.5, 0.6) is 0 Å². The second-order valence-corrected chi connectivity index (χ2v) is 10.6. The molecule has 0 bridgehead atoms. The van der Waals surface area contributed by atoms with Crippen LogP contribution in [0.1, 0.15) is 44.2 Å². The van der Waals surface area contributed by atoms with Gasteiger partial charge in [-0.2, -0.15) is 0 Å². The Bertz CT molecular complexity index is 1100. The summed E-state index contributed by atoms with van der Waals surface area (Å²) in [4.78, 5) is 21.8. The van der Waals surface area contributed by atoms with Gasteiger partial charge in [-0.15, -0.1) is 10.2 Å². The van der Waals surface area contributed by atoms with Gasteiger partial charge in [-0.25, -0.2) is 0 Å². The summed E-state index contributed by atoms with van der Waals surface area (Å²) >= 11 is 1.53. The number of piperazine rings is 1. The fourth-order valence-corrected chi connectivity index (χ4v) is 6.16. The molecule has 184 valence electrons. The highest BCUT2D eigenvalue weighted by atomic mass is 32.2. The highest BCUT2D eigenvalue weighted by Crippen LogP contribution is 2.38. The number of rotatable bonds is 7. The van der Waals surface area contributed by atoms with Crippen molar-refractivity contribution in [3.8, 4) is 11.4 Å². The van der Waals surface area contributed by atoms with E-state index in [2.05, 4.69) is 55.8 Å². The average Bonchev–Trinajstić information content (AvgIpc) is 3.33. The minimum absolute atomic E-state index is 0.184. The van der Waals surface area contributed by atoms with Crippen LogP contribution in [-0.2, 0) is 11.3 Å². The molecule has 2 fully saturated rings. The molecule has 2 atom stereocenters. The van der Waals surface area contributed by atoms with Crippen LogP contribution in [-0.4, -0.2) is 67.4 Å². The maximum Gasteiger partial charge on any atom is 0.233 e. The third-order valence-corrected chi connectivity index (χ3v) is 8.21. The van der Waals surface area contributed by atoms with E-state index in [-0.39, 0.29) is 5.91 Å². The molecule has 0 N–H and O–H groups in total. The SMILES string of the molecule is C[C@@H]1CCCC[C@@H]1n1c(SCC(=O)N2CCN(Cc3ccccc3)CC2)nnc1-c1cccnc1. The van der Waals surface area contributed by atoms with Gasteiger partial charge in [-0.3, -0.25) is 19.2 Å². The molecule has 3 heterocycles. The zero-order chi connectivity index (χ0) is 24.0. The van der Waals surface area contributed by atoms with Crippen LogP contribution in [0.25, 0.3) is 11.4 Å². The van der Waals surface area contributed by atoms with Crippen molar-refractivity contribution in [3.63, 3.8) is 0 Å². The summed E-state index contributed by atoms with van der Waals surface area (Å²) in [5.41, 5.74) is 2.30. The van der Waals surface area contributed by atoms with Crippen LogP contribution in [0.3, 0.4) is 0 Å². The summed E-state index contributed by atoms with van der Waals surface area (Å²) in [5, 5.41) is 9.95. The predicted octanol–water partition coefficient (Wildman–Crippen LogP) is 4.53. The first kappa shape index (κ1) is 24.0. The third kappa shape index (κ3) is 5.76. The zero-order valence-electron chi connectivity index (χ0n) is 20.4. The van der Waals surface area contributed by atoms with Gasteiger partial charge in [0.25, 0.3) is 0 Å². The molecule has 35 heavy (non-hydrogen) atoms. The number of amides is 1. The van der Waals surface area contributed by atoms with E-state index in [1.54, 1.807) is 6.20 Å². The first-order valence-electron chi connectivity index (χ1n) is 12.7. The number of hydrogen-bond donors (Lipinski definition) is 0. The van der Waals surface area contributed by atoms with Gasteiger partial charge in [0, 0.05) is 56.7 Å². The molecule has 0 spiro atoms. The minimum Gasteiger partial charge on any atom is -0.339 e. The summed E-state index contributed by atoms with van der Waals surface area (Å²) < 4.78 is 2.29. The van der Waals surface area contributed by atoms with E-state index < -0.39 is 0 Å². The van der Waals surface area contributed by atoms with Crippen LogP contribution in [0.15, 0.2) is 60.0 Å². The molecular formula is C27H34N6OS. The van der Waals surface area contributed by atoms with E-state index >= 15 is 0 Å². The van der Waals surface area contributed by atoms with Gasteiger partial charge in [-0.05, 0) is 36.5 Å². The standard InChI is InChI=1S/C27H34N6OS/c1-21-8-5-6-12-24(21)33-26(23-11-7-13-28-18-23)29-30-27(33)35-20-25(34)32-16-14-31(15-17-32)19-22-9-3-2-4-10-22/h2-4,7,9-11,13,18,21,24H,5-6,8,12,14-17,19-20H2,1H3/t21-,24+/m1/s1. The summed E-state index contributed by atoms with van der Waals surface area (Å²) in [5.74, 6) is 2.00. The maximum absolute atomic E-state index is 13.1. The Kier molecular flexibility index (Phi) is 7.79. The lowest BCUT2D eigenvalue weighted by Gasteiger charge is -2.35. The summed E-state index contributed by atoms with van der Waals surface area (Å²) in [6.45, 7) is 6.64. The molecule has 2 aromatic heterocycles. The van der Waals surface area contributed by atoms with Crippen molar-refractivity contribution in [2.75, 3.05) is 31.9 Å². The van der Waals surface area contributed by atoms with Crippen molar-refractivity contribution in [1.82, 2.24) is 29.5 Å². The molecule has 0 unspecified atom stereocenters. The molecule has 1 aromatic carbocycles. The normalized spacial score (nSPS) is 21.2. The monoisotopic (exact) mass is 490 g/mol. The second kappa shape index (κ2) is 11.4. The first-order valence-corrected chi connectivity index (χ1v) is 13.7. The van der Waals surface area contributed by atoms with Crippen molar-refractivity contribution in [3.05, 3.63) is 60.4 Å². The van der Waals surface area contributed by atoms with Gasteiger partial charge in [0.05, 0.1) is 5.75 Å². The van der Waals surface area contributed by atoms with Gasteiger partial charge < -0.3 is 4.90 Å². The third-order valence-electron chi connectivity index (χ3n) is 7.28. The molecule has 1 saturated carbocycles. The van der Waals surface area contributed by atoms with Crippen molar-refractivity contribution in [2.24, 2.45) is 5.92 Å². The summed E-state index contributed by atoms with van der Waals surface area (Å²) in [6, 6.07) is 14.9. The number of carbonyl (C=O) groups is 1. The molecular weight excluding hydrogens is 456 g/mol. The van der Waals surface area contributed by atoms with E-state index in [4.69, 9.17) is 0 Å². The Morgan fingerprint density at radius 1 is 1.00 bits per heavy atom. The predicted molar refractivity (Wildman–Crippen MR) is 139 cm³/mol. The molecule has 8 heteroatoms. The second-order valence-electron chi connectivity index (χ2n) is 9.68. The lowest BCUT2D eigenvalue weighted by molar-refractivity contribution is -0.130. The Morgan fingerprint density at radius 3 is 2.54 bits per heavy atom. The van der Waals surface area contributed by atoms with E-state index in [1.165, 1.54) is 36.6 Å². The van der Waals surface area contributed by atoms with E-state index in [0.717, 1.165) is 55.7 Å². The number of pyridine rings is 1. The number of carbonyl (C=O) groups excluding carboxylic acids is 1. The van der Waals surface area contributed by atoms with E-state index in [1.807, 2.05) is 29.3 Å².